The summed E-state index contributed by atoms with van der Waals surface area (Å²) in [4.78, 5) is 11.0. The Hall–Kier alpha value is -1.15. The summed E-state index contributed by atoms with van der Waals surface area (Å²) in [5.41, 5.74) is 1.87. The van der Waals surface area contributed by atoms with Crippen molar-refractivity contribution in [2.45, 2.75) is 25.4 Å². The lowest BCUT2D eigenvalue weighted by Gasteiger charge is -1.99. The molecule has 1 saturated carbocycles. The maximum Gasteiger partial charge on any atom is 0.159 e. The molecule has 2 rings (SSSR count). The first-order valence-corrected chi connectivity index (χ1v) is 4.47. The number of hydrogen-bond acceptors (Lipinski definition) is 2. The van der Waals surface area contributed by atoms with Crippen LogP contribution >= 0.6 is 0 Å². The normalized spacial score (nSPS) is 25.7. The van der Waals surface area contributed by atoms with Gasteiger partial charge in [-0.1, -0.05) is 24.3 Å². The maximum absolute atomic E-state index is 11.0. The number of ketones is 1. The minimum absolute atomic E-state index is 0.0860. The maximum atomic E-state index is 11.0. The molecule has 0 saturated heterocycles. The highest BCUT2D eigenvalue weighted by Gasteiger charge is 2.36. The third kappa shape index (κ3) is 1.63. The molecule has 0 heterocycles. The summed E-state index contributed by atoms with van der Waals surface area (Å²) in [6.07, 6.45) is 0.697. The van der Waals surface area contributed by atoms with E-state index in [-0.39, 0.29) is 11.9 Å². The van der Waals surface area contributed by atoms with E-state index in [0.29, 0.717) is 5.92 Å². The zero-order valence-corrected chi connectivity index (χ0v) is 7.53. The molecule has 2 unspecified atom stereocenters. The molecule has 0 aromatic heterocycles. The van der Waals surface area contributed by atoms with Gasteiger partial charge >= 0.3 is 0 Å². The highest BCUT2D eigenvalue weighted by Crippen LogP contribution is 2.40. The number of aliphatic hydroxyl groups excluding tert-OH is 1. The Bertz CT molecular complexity index is 326. The van der Waals surface area contributed by atoms with Crippen molar-refractivity contribution < 1.29 is 9.90 Å². The molecule has 1 aromatic rings. The van der Waals surface area contributed by atoms with E-state index in [9.17, 15) is 9.90 Å². The second-order valence-electron chi connectivity index (χ2n) is 3.59. The van der Waals surface area contributed by atoms with Gasteiger partial charge in [0.15, 0.2) is 5.78 Å². The van der Waals surface area contributed by atoms with E-state index in [2.05, 4.69) is 0 Å². The number of rotatable bonds is 2. The van der Waals surface area contributed by atoms with Crippen LogP contribution in [0.25, 0.3) is 0 Å². The van der Waals surface area contributed by atoms with Crippen LogP contribution in [0.2, 0.25) is 0 Å². The van der Waals surface area contributed by atoms with Crippen LogP contribution < -0.4 is 0 Å². The topological polar surface area (TPSA) is 37.3 Å². The Balaban J connectivity index is 2.19. The van der Waals surface area contributed by atoms with Crippen molar-refractivity contribution in [2.75, 3.05) is 0 Å². The number of aliphatic hydroxyl groups is 1. The minimum Gasteiger partial charge on any atom is -0.392 e. The van der Waals surface area contributed by atoms with Gasteiger partial charge in [0.2, 0.25) is 0 Å². The van der Waals surface area contributed by atoms with Crippen molar-refractivity contribution >= 4 is 5.78 Å². The van der Waals surface area contributed by atoms with Crippen molar-refractivity contribution in [3.8, 4) is 0 Å². The lowest BCUT2D eigenvalue weighted by molar-refractivity contribution is 0.101. The van der Waals surface area contributed by atoms with E-state index < -0.39 is 0 Å². The Morgan fingerprint density at radius 1 is 1.38 bits per heavy atom. The third-order valence-corrected chi connectivity index (χ3v) is 2.50. The number of Topliss-reactive ketones (excluding diaryl/α,β-unsaturated/α-hetero) is 1. The summed E-state index contributed by atoms with van der Waals surface area (Å²) in [6, 6.07) is 7.50. The standard InChI is InChI=1S/C11H12O2/c1-7(12)8-2-4-9(5-3-8)10-6-11(10)13/h2-5,10-11,13H,6H2,1H3. The molecular weight excluding hydrogens is 164 g/mol. The Kier molecular flexibility index (Phi) is 1.93. The number of carbonyl (C=O) groups is 1. The van der Waals surface area contributed by atoms with E-state index in [1.807, 2.05) is 24.3 Å². The average Bonchev–Trinajstić information content (AvgIpc) is 2.83. The predicted molar refractivity (Wildman–Crippen MR) is 49.8 cm³/mol. The molecule has 2 atom stereocenters. The summed E-state index contributed by atoms with van der Waals surface area (Å²) in [7, 11) is 0. The zero-order valence-electron chi connectivity index (χ0n) is 7.53. The van der Waals surface area contributed by atoms with Gasteiger partial charge in [-0.05, 0) is 18.9 Å². The molecule has 0 amide bonds. The number of benzene rings is 1. The molecule has 1 N–H and O–H groups in total. The van der Waals surface area contributed by atoms with Gasteiger partial charge < -0.3 is 5.11 Å². The lowest BCUT2D eigenvalue weighted by atomic mass is 10.1. The predicted octanol–water partition coefficient (Wildman–Crippen LogP) is 1.74. The monoisotopic (exact) mass is 176 g/mol. The summed E-state index contributed by atoms with van der Waals surface area (Å²) >= 11 is 0. The lowest BCUT2D eigenvalue weighted by Crippen LogP contribution is -1.92. The van der Waals surface area contributed by atoms with E-state index in [4.69, 9.17) is 0 Å². The number of hydrogen-bond donors (Lipinski definition) is 1. The molecule has 1 aliphatic carbocycles. The van der Waals surface area contributed by atoms with Crippen molar-refractivity contribution in [2.24, 2.45) is 0 Å². The summed E-state index contributed by atoms with van der Waals surface area (Å²) < 4.78 is 0. The minimum atomic E-state index is -0.164. The number of carbonyl (C=O) groups excluding carboxylic acids is 1. The molecular formula is C11H12O2. The smallest absolute Gasteiger partial charge is 0.159 e. The quantitative estimate of drug-likeness (QED) is 0.697. The van der Waals surface area contributed by atoms with Crippen LogP contribution in [0.15, 0.2) is 24.3 Å². The Morgan fingerprint density at radius 2 is 1.92 bits per heavy atom. The fourth-order valence-electron chi connectivity index (χ4n) is 1.50. The summed E-state index contributed by atoms with van der Waals surface area (Å²) in [5.74, 6) is 0.393. The van der Waals surface area contributed by atoms with E-state index >= 15 is 0 Å². The van der Waals surface area contributed by atoms with Crippen molar-refractivity contribution in [1.29, 1.82) is 0 Å². The largest absolute Gasteiger partial charge is 0.392 e. The van der Waals surface area contributed by atoms with Crippen molar-refractivity contribution in [1.82, 2.24) is 0 Å². The van der Waals surface area contributed by atoms with Crippen LogP contribution in [0.3, 0.4) is 0 Å². The molecule has 0 radical (unpaired) electrons. The Morgan fingerprint density at radius 3 is 2.31 bits per heavy atom. The van der Waals surface area contributed by atoms with Crippen LogP contribution in [0.4, 0.5) is 0 Å². The van der Waals surface area contributed by atoms with Gasteiger partial charge in [0.25, 0.3) is 0 Å². The van der Waals surface area contributed by atoms with Gasteiger partial charge in [0, 0.05) is 11.5 Å². The second-order valence-corrected chi connectivity index (χ2v) is 3.59. The van der Waals surface area contributed by atoms with Crippen molar-refractivity contribution in [3.05, 3.63) is 35.4 Å². The molecule has 1 aliphatic rings. The first-order valence-electron chi connectivity index (χ1n) is 4.47. The fraction of sp³-hybridized carbons (Fsp3) is 0.364. The Labute approximate surface area is 77.2 Å². The van der Waals surface area contributed by atoms with Crippen LogP contribution in [-0.4, -0.2) is 17.0 Å². The van der Waals surface area contributed by atoms with Gasteiger partial charge in [-0.25, -0.2) is 0 Å². The van der Waals surface area contributed by atoms with Gasteiger partial charge in [-0.2, -0.15) is 0 Å². The van der Waals surface area contributed by atoms with Gasteiger partial charge in [-0.15, -0.1) is 0 Å². The molecule has 0 bridgehead atoms. The van der Waals surface area contributed by atoms with E-state index in [0.717, 1.165) is 17.5 Å². The highest BCUT2D eigenvalue weighted by atomic mass is 16.3. The van der Waals surface area contributed by atoms with Gasteiger partial charge in [0.05, 0.1) is 6.10 Å². The summed E-state index contributed by atoms with van der Waals surface area (Å²) in [5, 5.41) is 9.19. The van der Waals surface area contributed by atoms with Crippen LogP contribution in [-0.2, 0) is 0 Å². The second kappa shape index (κ2) is 2.96. The fourth-order valence-corrected chi connectivity index (χ4v) is 1.50. The molecule has 0 spiro atoms. The third-order valence-electron chi connectivity index (χ3n) is 2.50. The van der Waals surface area contributed by atoms with Crippen LogP contribution in [0, 0.1) is 0 Å². The highest BCUT2D eigenvalue weighted by molar-refractivity contribution is 5.94. The van der Waals surface area contributed by atoms with Gasteiger partial charge in [-0.3, -0.25) is 4.79 Å². The van der Waals surface area contributed by atoms with Gasteiger partial charge in [0.1, 0.15) is 0 Å². The first-order chi connectivity index (χ1) is 6.18. The molecule has 1 fully saturated rings. The molecule has 0 aliphatic heterocycles. The molecule has 13 heavy (non-hydrogen) atoms. The molecule has 2 nitrogen and oxygen atoms in total. The van der Waals surface area contributed by atoms with Crippen LogP contribution in [0.5, 0.6) is 0 Å². The SMILES string of the molecule is CC(=O)c1ccc(C2CC2O)cc1. The average molecular weight is 176 g/mol. The van der Waals surface area contributed by atoms with Crippen LogP contribution in [0.1, 0.15) is 35.2 Å². The molecule has 2 heteroatoms. The molecule has 1 aromatic carbocycles. The summed E-state index contributed by atoms with van der Waals surface area (Å²) in [6.45, 7) is 1.56. The zero-order chi connectivity index (χ0) is 9.42. The first kappa shape index (κ1) is 8.45. The van der Waals surface area contributed by atoms with E-state index in [1.54, 1.807) is 6.92 Å². The van der Waals surface area contributed by atoms with Crippen molar-refractivity contribution in [3.63, 3.8) is 0 Å². The molecule has 68 valence electrons. The van der Waals surface area contributed by atoms with E-state index in [1.165, 1.54) is 0 Å².